The molecule has 1 aliphatic heterocycles. The molecule has 0 atom stereocenters. The highest BCUT2D eigenvalue weighted by Crippen LogP contribution is 2.28. The molecule has 3 rings (SSSR count). The SMILES string of the molecule is CC(C)N(c1nccc(Nc2ccc(N3CCC(C(=O)C(C)(C)O)CC3)cc2)n1)C(C)C. The Morgan fingerprint density at radius 3 is 2.22 bits per heavy atom. The zero-order chi connectivity index (χ0) is 23.5. The minimum atomic E-state index is -1.25. The lowest BCUT2D eigenvalue weighted by molar-refractivity contribution is -0.139. The number of aliphatic hydroxyl groups is 1. The van der Waals surface area contributed by atoms with Crippen molar-refractivity contribution in [3.8, 4) is 0 Å². The van der Waals surface area contributed by atoms with Crippen molar-refractivity contribution in [2.24, 2.45) is 5.92 Å². The second-order valence-corrected chi connectivity index (χ2v) is 9.69. The van der Waals surface area contributed by atoms with Gasteiger partial charge in [-0.3, -0.25) is 4.79 Å². The average molecular weight is 440 g/mol. The number of hydrogen-bond acceptors (Lipinski definition) is 7. The van der Waals surface area contributed by atoms with Gasteiger partial charge in [-0.2, -0.15) is 4.98 Å². The number of nitrogens with zero attached hydrogens (tertiary/aromatic N) is 4. The minimum Gasteiger partial charge on any atom is -0.383 e. The van der Waals surface area contributed by atoms with E-state index < -0.39 is 5.60 Å². The Hall–Kier alpha value is -2.67. The van der Waals surface area contributed by atoms with E-state index in [1.165, 1.54) is 0 Å². The van der Waals surface area contributed by atoms with Gasteiger partial charge in [0.25, 0.3) is 0 Å². The van der Waals surface area contributed by atoms with Crippen LogP contribution in [0.4, 0.5) is 23.1 Å². The Bertz CT molecular complexity index is 889. The fourth-order valence-corrected chi connectivity index (χ4v) is 4.40. The molecule has 0 unspecified atom stereocenters. The first-order chi connectivity index (χ1) is 15.1. The molecule has 0 spiro atoms. The van der Waals surface area contributed by atoms with Gasteiger partial charge in [0.1, 0.15) is 11.4 Å². The van der Waals surface area contributed by atoms with Crippen LogP contribution in [0.5, 0.6) is 0 Å². The first-order valence-corrected chi connectivity index (χ1v) is 11.6. The van der Waals surface area contributed by atoms with E-state index in [0.717, 1.165) is 49.1 Å². The molecule has 2 aromatic rings. The van der Waals surface area contributed by atoms with Gasteiger partial charge >= 0.3 is 0 Å². The summed E-state index contributed by atoms with van der Waals surface area (Å²) in [5.74, 6) is 1.38. The number of anilines is 4. The maximum absolute atomic E-state index is 12.3. The van der Waals surface area contributed by atoms with Gasteiger partial charge in [-0.05, 0) is 84.7 Å². The van der Waals surface area contributed by atoms with Crippen molar-refractivity contribution in [1.82, 2.24) is 9.97 Å². The largest absolute Gasteiger partial charge is 0.383 e. The Labute approximate surface area is 191 Å². The molecule has 2 N–H and O–H groups in total. The van der Waals surface area contributed by atoms with E-state index in [1.54, 1.807) is 20.0 Å². The summed E-state index contributed by atoms with van der Waals surface area (Å²) >= 11 is 0. The van der Waals surface area contributed by atoms with Crippen molar-refractivity contribution in [2.45, 2.75) is 72.1 Å². The quantitative estimate of drug-likeness (QED) is 0.631. The molecule has 0 amide bonds. The molecule has 2 heterocycles. The molecular weight excluding hydrogens is 402 g/mol. The van der Waals surface area contributed by atoms with Gasteiger partial charge in [0.05, 0.1) is 0 Å². The fourth-order valence-electron chi connectivity index (χ4n) is 4.40. The van der Waals surface area contributed by atoms with Crippen LogP contribution in [0.3, 0.4) is 0 Å². The second-order valence-electron chi connectivity index (χ2n) is 9.69. The standard InChI is InChI=1S/C25H37N5O2/c1-17(2)30(18(3)4)24-26-14-11-22(28-24)27-20-7-9-21(10-8-20)29-15-12-19(13-16-29)23(31)25(5,6)32/h7-11,14,17-19,32H,12-13,15-16H2,1-6H3,(H,26,27,28). The summed E-state index contributed by atoms with van der Waals surface area (Å²) < 4.78 is 0. The number of nitrogens with one attached hydrogen (secondary N) is 1. The number of rotatable bonds is 8. The predicted octanol–water partition coefficient (Wildman–Crippen LogP) is 4.40. The lowest BCUT2D eigenvalue weighted by Gasteiger charge is -2.35. The van der Waals surface area contributed by atoms with E-state index >= 15 is 0 Å². The first-order valence-electron chi connectivity index (χ1n) is 11.6. The van der Waals surface area contributed by atoms with Crippen LogP contribution in [0.1, 0.15) is 54.4 Å². The molecule has 1 aliphatic rings. The van der Waals surface area contributed by atoms with Crippen LogP contribution in [-0.4, -0.2) is 51.6 Å². The number of carbonyl (C=O) groups is 1. The smallest absolute Gasteiger partial charge is 0.227 e. The lowest BCUT2D eigenvalue weighted by Crippen LogP contribution is -2.43. The van der Waals surface area contributed by atoms with Gasteiger partial charge < -0.3 is 20.2 Å². The van der Waals surface area contributed by atoms with Crippen LogP contribution in [0, 0.1) is 5.92 Å². The molecule has 1 aromatic heterocycles. The normalized spacial score (nSPS) is 15.3. The summed E-state index contributed by atoms with van der Waals surface area (Å²) in [5, 5.41) is 13.4. The number of ketones is 1. The number of hydrogen-bond donors (Lipinski definition) is 2. The number of benzene rings is 1. The maximum atomic E-state index is 12.3. The van der Waals surface area contributed by atoms with E-state index in [-0.39, 0.29) is 11.7 Å². The van der Waals surface area contributed by atoms with E-state index in [2.05, 4.69) is 59.9 Å². The number of carbonyl (C=O) groups excluding carboxylic acids is 1. The third-order valence-corrected chi connectivity index (χ3v) is 5.96. The highest BCUT2D eigenvalue weighted by molar-refractivity contribution is 5.88. The summed E-state index contributed by atoms with van der Waals surface area (Å²) in [6, 6.07) is 10.8. The van der Waals surface area contributed by atoms with Crippen molar-refractivity contribution in [3.05, 3.63) is 36.5 Å². The van der Waals surface area contributed by atoms with Gasteiger partial charge in [-0.15, -0.1) is 0 Å². The van der Waals surface area contributed by atoms with Crippen molar-refractivity contribution >= 4 is 28.9 Å². The molecule has 174 valence electrons. The Kier molecular flexibility index (Phi) is 7.39. The van der Waals surface area contributed by atoms with Gasteiger partial charge in [-0.1, -0.05) is 0 Å². The van der Waals surface area contributed by atoms with Crippen molar-refractivity contribution < 1.29 is 9.90 Å². The average Bonchev–Trinajstić information content (AvgIpc) is 2.73. The third-order valence-electron chi connectivity index (χ3n) is 5.96. The minimum absolute atomic E-state index is 0.0468. The lowest BCUT2D eigenvalue weighted by atomic mass is 9.85. The highest BCUT2D eigenvalue weighted by atomic mass is 16.3. The highest BCUT2D eigenvalue weighted by Gasteiger charge is 2.33. The van der Waals surface area contributed by atoms with Crippen LogP contribution < -0.4 is 15.1 Å². The molecule has 0 saturated carbocycles. The van der Waals surface area contributed by atoms with Gasteiger partial charge in [0.2, 0.25) is 5.95 Å². The van der Waals surface area contributed by atoms with Gasteiger partial charge in [0.15, 0.2) is 5.78 Å². The summed E-state index contributed by atoms with van der Waals surface area (Å²) in [6.45, 7) is 13.4. The topological polar surface area (TPSA) is 81.6 Å². The zero-order valence-corrected chi connectivity index (χ0v) is 20.2. The van der Waals surface area contributed by atoms with Crippen LogP contribution >= 0.6 is 0 Å². The van der Waals surface area contributed by atoms with Crippen molar-refractivity contribution in [2.75, 3.05) is 28.2 Å². The van der Waals surface area contributed by atoms with Crippen molar-refractivity contribution in [3.63, 3.8) is 0 Å². The molecule has 0 aliphatic carbocycles. The molecule has 0 bridgehead atoms. The molecule has 32 heavy (non-hydrogen) atoms. The monoisotopic (exact) mass is 439 g/mol. The molecule has 1 fully saturated rings. The molecule has 7 heteroatoms. The van der Waals surface area contributed by atoms with E-state index in [9.17, 15) is 9.90 Å². The van der Waals surface area contributed by atoms with E-state index in [0.29, 0.717) is 12.1 Å². The first kappa shape index (κ1) is 24.0. The summed E-state index contributed by atoms with van der Waals surface area (Å²) in [6.07, 6.45) is 3.33. The Morgan fingerprint density at radius 2 is 1.69 bits per heavy atom. The molecular formula is C25H37N5O2. The van der Waals surface area contributed by atoms with Gasteiger partial charge in [-0.25, -0.2) is 4.98 Å². The number of Topliss-reactive ketones (excluding diaryl/α,β-unsaturated/α-hetero) is 1. The van der Waals surface area contributed by atoms with Crippen LogP contribution in [0.2, 0.25) is 0 Å². The van der Waals surface area contributed by atoms with Crippen LogP contribution in [0.25, 0.3) is 0 Å². The molecule has 7 nitrogen and oxygen atoms in total. The summed E-state index contributed by atoms with van der Waals surface area (Å²) in [4.78, 5) is 26.0. The maximum Gasteiger partial charge on any atom is 0.227 e. The number of aromatic nitrogens is 2. The molecule has 1 saturated heterocycles. The van der Waals surface area contributed by atoms with Crippen molar-refractivity contribution in [1.29, 1.82) is 0 Å². The van der Waals surface area contributed by atoms with Crippen LogP contribution in [-0.2, 0) is 4.79 Å². The molecule has 0 radical (unpaired) electrons. The van der Waals surface area contributed by atoms with Gasteiger partial charge in [0, 0.05) is 48.7 Å². The van der Waals surface area contributed by atoms with E-state index in [4.69, 9.17) is 4.98 Å². The fraction of sp³-hybridized carbons (Fsp3) is 0.560. The molecule has 1 aromatic carbocycles. The Balaban J connectivity index is 1.63. The van der Waals surface area contributed by atoms with Crippen LogP contribution in [0.15, 0.2) is 36.5 Å². The Morgan fingerprint density at radius 1 is 1.09 bits per heavy atom. The summed E-state index contributed by atoms with van der Waals surface area (Å²) in [7, 11) is 0. The number of piperidine rings is 1. The second kappa shape index (κ2) is 9.86. The van der Waals surface area contributed by atoms with E-state index in [1.807, 2.05) is 18.2 Å². The summed E-state index contributed by atoms with van der Waals surface area (Å²) in [5.41, 5.74) is 0.854. The third kappa shape index (κ3) is 5.76. The predicted molar refractivity (Wildman–Crippen MR) is 131 cm³/mol. The zero-order valence-electron chi connectivity index (χ0n) is 20.2.